The van der Waals surface area contributed by atoms with Crippen molar-refractivity contribution in [3.8, 4) is 11.6 Å². The first-order chi connectivity index (χ1) is 10.1. The van der Waals surface area contributed by atoms with Gasteiger partial charge in [0.05, 0.1) is 10.0 Å². The molecule has 0 atom stereocenters. The fourth-order valence-corrected chi connectivity index (χ4v) is 2.75. The molecule has 0 aliphatic heterocycles. The zero-order valence-corrected chi connectivity index (χ0v) is 14.0. The number of aromatic nitrogens is 2. The predicted molar refractivity (Wildman–Crippen MR) is 87.2 cm³/mol. The Bertz CT molecular complexity index is 683. The summed E-state index contributed by atoms with van der Waals surface area (Å²) in [6.45, 7) is 4.02. The van der Waals surface area contributed by atoms with Crippen molar-refractivity contribution in [2.45, 2.75) is 32.6 Å². The Labute approximate surface area is 133 Å². The van der Waals surface area contributed by atoms with Crippen molar-refractivity contribution in [3.63, 3.8) is 0 Å². The third-order valence-corrected chi connectivity index (χ3v) is 4.21. The highest BCUT2D eigenvalue weighted by atomic mass is 79.9. The summed E-state index contributed by atoms with van der Waals surface area (Å²) in [7, 11) is 1.87. The Morgan fingerprint density at radius 2 is 2.00 bits per heavy atom. The maximum absolute atomic E-state index is 6.02. The molecular formula is C16H18BrN3O. The SMILES string of the molecule is CNc1nc(C2CC2)nc(Oc2ccc(C)cc2Br)c1C. The van der Waals surface area contributed by atoms with E-state index < -0.39 is 0 Å². The van der Waals surface area contributed by atoms with Crippen LogP contribution in [-0.4, -0.2) is 17.0 Å². The molecule has 1 heterocycles. The summed E-state index contributed by atoms with van der Waals surface area (Å²) in [5, 5.41) is 3.13. The minimum absolute atomic E-state index is 0.488. The number of anilines is 1. The van der Waals surface area contributed by atoms with Crippen molar-refractivity contribution in [2.75, 3.05) is 12.4 Å². The molecule has 21 heavy (non-hydrogen) atoms. The van der Waals surface area contributed by atoms with Gasteiger partial charge in [-0.1, -0.05) is 6.07 Å². The average Bonchev–Trinajstić information content (AvgIpc) is 3.28. The fraction of sp³-hybridized carbons (Fsp3) is 0.375. The first-order valence-electron chi connectivity index (χ1n) is 7.08. The monoisotopic (exact) mass is 347 g/mol. The average molecular weight is 348 g/mol. The van der Waals surface area contributed by atoms with Gasteiger partial charge in [0.1, 0.15) is 17.4 Å². The van der Waals surface area contributed by atoms with Crippen LogP contribution in [0.4, 0.5) is 5.82 Å². The molecule has 0 spiro atoms. The van der Waals surface area contributed by atoms with Gasteiger partial charge in [-0.05, 0) is 60.3 Å². The fourth-order valence-electron chi connectivity index (χ4n) is 2.17. The lowest BCUT2D eigenvalue weighted by molar-refractivity contribution is 0.452. The van der Waals surface area contributed by atoms with Crippen molar-refractivity contribution in [2.24, 2.45) is 0 Å². The highest BCUT2D eigenvalue weighted by Gasteiger charge is 2.28. The molecule has 1 aromatic carbocycles. The van der Waals surface area contributed by atoms with E-state index >= 15 is 0 Å². The van der Waals surface area contributed by atoms with Crippen LogP contribution in [0.1, 0.15) is 35.7 Å². The lowest BCUT2D eigenvalue weighted by atomic mass is 10.2. The molecule has 1 N–H and O–H groups in total. The molecule has 0 unspecified atom stereocenters. The van der Waals surface area contributed by atoms with E-state index in [2.05, 4.69) is 38.1 Å². The van der Waals surface area contributed by atoms with Gasteiger partial charge in [-0.15, -0.1) is 0 Å². The molecule has 2 aromatic rings. The Balaban J connectivity index is 1.98. The van der Waals surface area contributed by atoms with E-state index in [4.69, 9.17) is 4.74 Å². The van der Waals surface area contributed by atoms with Gasteiger partial charge in [0.25, 0.3) is 0 Å². The van der Waals surface area contributed by atoms with Gasteiger partial charge in [-0.25, -0.2) is 4.98 Å². The second-order valence-corrected chi connectivity index (χ2v) is 6.28. The maximum Gasteiger partial charge on any atom is 0.227 e. The van der Waals surface area contributed by atoms with Gasteiger partial charge in [-0.3, -0.25) is 0 Å². The van der Waals surface area contributed by atoms with Crippen molar-refractivity contribution in [1.29, 1.82) is 0 Å². The highest BCUT2D eigenvalue weighted by molar-refractivity contribution is 9.10. The summed E-state index contributed by atoms with van der Waals surface area (Å²) in [6.07, 6.45) is 2.33. The van der Waals surface area contributed by atoms with E-state index in [0.29, 0.717) is 11.8 Å². The Morgan fingerprint density at radius 1 is 1.24 bits per heavy atom. The largest absolute Gasteiger partial charge is 0.437 e. The predicted octanol–water partition coefficient (Wildman–Crippen LogP) is 4.57. The number of nitrogens with zero attached hydrogens (tertiary/aromatic N) is 2. The Morgan fingerprint density at radius 3 is 2.62 bits per heavy atom. The number of rotatable bonds is 4. The smallest absolute Gasteiger partial charge is 0.227 e. The van der Waals surface area contributed by atoms with Crippen molar-refractivity contribution in [3.05, 3.63) is 39.6 Å². The van der Waals surface area contributed by atoms with Gasteiger partial charge in [0.15, 0.2) is 0 Å². The van der Waals surface area contributed by atoms with Crippen LogP contribution in [-0.2, 0) is 0 Å². The Hall–Kier alpha value is -1.62. The van der Waals surface area contributed by atoms with E-state index in [9.17, 15) is 0 Å². The number of aryl methyl sites for hydroxylation is 1. The molecule has 0 radical (unpaired) electrons. The van der Waals surface area contributed by atoms with Crippen molar-refractivity contribution >= 4 is 21.7 Å². The van der Waals surface area contributed by atoms with Gasteiger partial charge in [-0.2, -0.15) is 4.98 Å². The lowest BCUT2D eigenvalue weighted by Crippen LogP contribution is -2.04. The van der Waals surface area contributed by atoms with Crippen molar-refractivity contribution < 1.29 is 4.74 Å². The molecule has 0 bridgehead atoms. The molecule has 1 aliphatic rings. The number of hydrogen-bond donors (Lipinski definition) is 1. The summed E-state index contributed by atoms with van der Waals surface area (Å²) in [4.78, 5) is 9.19. The summed E-state index contributed by atoms with van der Waals surface area (Å²) in [5.41, 5.74) is 2.11. The molecule has 4 nitrogen and oxygen atoms in total. The Kier molecular flexibility index (Phi) is 3.85. The van der Waals surface area contributed by atoms with Gasteiger partial charge < -0.3 is 10.1 Å². The third kappa shape index (κ3) is 3.02. The van der Waals surface area contributed by atoms with Crippen LogP contribution in [0, 0.1) is 13.8 Å². The minimum atomic E-state index is 0.488. The molecule has 0 saturated heterocycles. The van der Waals surface area contributed by atoms with E-state index in [-0.39, 0.29) is 0 Å². The van der Waals surface area contributed by atoms with E-state index in [1.54, 1.807) is 0 Å². The highest BCUT2D eigenvalue weighted by Crippen LogP contribution is 2.41. The van der Waals surface area contributed by atoms with Crippen LogP contribution >= 0.6 is 15.9 Å². The quantitative estimate of drug-likeness (QED) is 0.879. The molecule has 1 saturated carbocycles. The van der Waals surface area contributed by atoms with Crippen LogP contribution in [0.5, 0.6) is 11.6 Å². The van der Waals surface area contributed by atoms with Crippen LogP contribution in [0.2, 0.25) is 0 Å². The minimum Gasteiger partial charge on any atom is -0.437 e. The number of nitrogens with one attached hydrogen (secondary N) is 1. The molecule has 1 aromatic heterocycles. The molecule has 1 fully saturated rings. The van der Waals surface area contributed by atoms with E-state index in [1.807, 2.05) is 32.2 Å². The molecule has 3 rings (SSSR count). The summed E-state index contributed by atoms with van der Waals surface area (Å²) in [5.74, 6) is 3.60. The molecule has 5 heteroatoms. The van der Waals surface area contributed by atoms with E-state index in [1.165, 1.54) is 18.4 Å². The molecular weight excluding hydrogens is 330 g/mol. The number of benzene rings is 1. The van der Waals surface area contributed by atoms with Crippen LogP contribution < -0.4 is 10.1 Å². The molecule has 0 amide bonds. The lowest BCUT2D eigenvalue weighted by Gasteiger charge is -2.13. The van der Waals surface area contributed by atoms with Crippen LogP contribution in [0.3, 0.4) is 0 Å². The van der Waals surface area contributed by atoms with Gasteiger partial charge in [0, 0.05) is 13.0 Å². The first-order valence-corrected chi connectivity index (χ1v) is 7.88. The van der Waals surface area contributed by atoms with E-state index in [0.717, 1.165) is 27.4 Å². The summed E-state index contributed by atoms with van der Waals surface area (Å²) < 4.78 is 6.95. The van der Waals surface area contributed by atoms with Gasteiger partial charge in [0.2, 0.25) is 5.88 Å². The maximum atomic E-state index is 6.02. The molecule has 1 aliphatic carbocycles. The number of hydrogen-bond acceptors (Lipinski definition) is 4. The van der Waals surface area contributed by atoms with Crippen molar-refractivity contribution in [1.82, 2.24) is 9.97 Å². The first kappa shape index (κ1) is 14.3. The molecule has 110 valence electrons. The van der Waals surface area contributed by atoms with Gasteiger partial charge >= 0.3 is 0 Å². The van der Waals surface area contributed by atoms with Crippen LogP contribution in [0.25, 0.3) is 0 Å². The summed E-state index contributed by atoms with van der Waals surface area (Å²) in [6, 6.07) is 6.01. The normalized spacial score (nSPS) is 14.1. The number of halogens is 1. The number of ether oxygens (including phenoxy) is 1. The second kappa shape index (κ2) is 5.64. The van der Waals surface area contributed by atoms with Crippen LogP contribution in [0.15, 0.2) is 22.7 Å². The zero-order chi connectivity index (χ0) is 15.0. The second-order valence-electron chi connectivity index (χ2n) is 5.42. The summed E-state index contributed by atoms with van der Waals surface area (Å²) >= 11 is 3.54. The topological polar surface area (TPSA) is 47.0 Å². The zero-order valence-electron chi connectivity index (χ0n) is 12.4. The third-order valence-electron chi connectivity index (χ3n) is 3.59. The standard InChI is InChI=1S/C16H18BrN3O/c1-9-4-7-13(12(17)8-9)21-16-10(2)14(18-3)19-15(20-16)11-5-6-11/h4,7-8,11H,5-6H2,1-3H3,(H,18,19,20).